The van der Waals surface area contributed by atoms with Crippen molar-refractivity contribution in [3.63, 3.8) is 0 Å². The first-order valence-corrected chi connectivity index (χ1v) is 7.19. The van der Waals surface area contributed by atoms with Gasteiger partial charge in [0.05, 0.1) is 11.4 Å². The van der Waals surface area contributed by atoms with Gasteiger partial charge in [0.25, 0.3) is 0 Å². The Morgan fingerprint density at radius 3 is 2.63 bits per heavy atom. The Morgan fingerprint density at radius 1 is 1.26 bits per heavy atom. The van der Waals surface area contributed by atoms with Crippen LogP contribution in [0.4, 0.5) is 0 Å². The van der Waals surface area contributed by atoms with Crippen LogP contribution in [-0.4, -0.2) is 33.8 Å². The fourth-order valence-corrected chi connectivity index (χ4v) is 2.34. The third kappa shape index (κ3) is 4.28. The van der Waals surface area contributed by atoms with Crippen LogP contribution in [0, 0.1) is 0 Å². The quantitative estimate of drug-likeness (QED) is 0.512. The summed E-state index contributed by atoms with van der Waals surface area (Å²) in [6.07, 6.45) is 6.79. The molecule has 0 spiro atoms. The Balaban J connectivity index is 1.91. The number of nitrogens with one attached hydrogen (secondary N) is 1. The van der Waals surface area contributed by atoms with Gasteiger partial charge in [-0.15, -0.1) is 0 Å². The van der Waals surface area contributed by atoms with Crippen LogP contribution in [-0.2, 0) is 0 Å². The van der Waals surface area contributed by atoms with E-state index in [0.29, 0.717) is 0 Å². The largest absolute Gasteiger partial charge is 0.348 e. The van der Waals surface area contributed by atoms with Crippen molar-refractivity contribution in [2.24, 2.45) is 5.10 Å². The normalized spacial score (nSPS) is 16.9. The molecule has 2 rings (SSSR count). The highest BCUT2D eigenvalue weighted by atomic mass is 32.1. The summed E-state index contributed by atoms with van der Waals surface area (Å²) in [6.45, 7) is 3.99. The van der Waals surface area contributed by atoms with Crippen LogP contribution >= 0.6 is 12.2 Å². The zero-order valence-electron chi connectivity index (χ0n) is 11.3. The minimum Gasteiger partial charge on any atom is -0.348 e. The van der Waals surface area contributed by atoms with Gasteiger partial charge in [0.1, 0.15) is 0 Å². The molecule has 1 saturated heterocycles. The van der Waals surface area contributed by atoms with E-state index < -0.39 is 0 Å². The Hall–Kier alpha value is -1.49. The summed E-state index contributed by atoms with van der Waals surface area (Å²) >= 11 is 5.39. The predicted molar refractivity (Wildman–Crippen MR) is 82.2 cm³/mol. The maximum Gasteiger partial charge on any atom is 0.189 e. The number of aromatic nitrogens is 1. The molecule has 1 aliphatic heterocycles. The first-order valence-electron chi connectivity index (χ1n) is 6.78. The van der Waals surface area contributed by atoms with Crippen molar-refractivity contribution >= 4 is 23.0 Å². The molecule has 0 unspecified atom stereocenters. The predicted octanol–water partition coefficient (Wildman–Crippen LogP) is 2.56. The first-order chi connectivity index (χ1) is 9.27. The van der Waals surface area contributed by atoms with Crippen LogP contribution in [0.25, 0.3) is 0 Å². The number of rotatable bonds is 2. The lowest BCUT2D eigenvalue weighted by molar-refractivity contribution is 0.428. The van der Waals surface area contributed by atoms with Gasteiger partial charge in [-0.2, -0.15) is 5.10 Å². The molecule has 19 heavy (non-hydrogen) atoms. The summed E-state index contributed by atoms with van der Waals surface area (Å²) in [6, 6.07) is 5.79. The van der Waals surface area contributed by atoms with Gasteiger partial charge in [-0.3, -0.25) is 10.4 Å². The van der Waals surface area contributed by atoms with Gasteiger partial charge in [-0.1, -0.05) is 18.9 Å². The molecule has 1 N–H and O–H groups in total. The zero-order valence-corrected chi connectivity index (χ0v) is 12.1. The molecule has 2 heterocycles. The number of pyridine rings is 1. The highest BCUT2D eigenvalue weighted by molar-refractivity contribution is 7.80. The van der Waals surface area contributed by atoms with Crippen LogP contribution in [0.2, 0.25) is 0 Å². The maximum atomic E-state index is 5.39. The van der Waals surface area contributed by atoms with Crippen LogP contribution in [0.1, 0.15) is 38.3 Å². The third-order valence-corrected chi connectivity index (χ3v) is 3.60. The van der Waals surface area contributed by atoms with Crippen molar-refractivity contribution in [2.75, 3.05) is 13.1 Å². The Labute approximate surface area is 119 Å². The fourth-order valence-electron chi connectivity index (χ4n) is 2.11. The number of nitrogens with zero attached hydrogens (tertiary/aromatic N) is 3. The summed E-state index contributed by atoms with van der Waals surface area (Å²) in [5, 5.41) is 5.04. The highest BCUT2D eigenvalue weighted by Gasteiger charge is 2.11. The number of hydrazone groups is 1. The number of hydrogen-bond acceptors (Lipinski definition) is 3. The molecular weight excluding hydrogens is 256 g/mol. The van der Waals surface area contributed by atoms with E-state index in [9.17, 15) is 0 Å². The molecular formula is C14H20N4S. The van der Waals surface area contributed by atoms with E-state index in [1.807, 2.05) is 25.1 Å². The van der Waals surface area contributed by atoms with E-state index in [-0.39, 0.29) is 0 Å². The Bertz CT molecular complexity index is 436. The van der Waals surface area contributed by atoms with Crippen LogP contribution < -0.4 is 5.43 Å². The molecule has 0 amide bonds. The van der Waals surface area contributed by atoms with Crippen molar-refractivity contribution in [1.29, 1.82) is 0 Å². The second kappa shape index (κ2) is 7.19. The lowest BCUT2D eigenvalue weighted by atomic mass is 10.2. The molecule has 5 heteroatoms. The van der Waals surface area contributed by atoms with Gasteiger partial charge in [0.15, 0.2) is 5.11 Å². The lowest BCUT2D eigenvalue weighted by Crippen LogP contribution is -2.38. The van der Waals surface area contributed by atoms with Gasteiger partial charge < -0.3 is 4.90 Å². The highest BCUT2D eigenvalue weighted by Crippen LogP contribution is 2.09. The minimum atomic E-state index is 0.720. The van der Waals surface area contributed by atoms with E-state index >= 15 is 0 Å². The molecule has 0 aromatic carbocycles. The summed E-state index contributed by atoms with van der Waals surface area (Å²) in [4.78, 5) is 6.46. The Kier molecular flexibility index (Phi) is 5.27. The summed E-state index contributed by atoms with van der Waals surface area (Å²) < 4.78 is 0. The molecule has 102 valence electrons. The van der Waals surface area contributed by atoms with Gasteiger partial charge in [0.2, 0.25) is 0 Å². The SMILES string of the molecule is C/C(=N/NC(=S)N1CCCCCC1)c1ccccn1. The van der Waals surface area contributed by atoms with Crippen molar-refractivity contribution in [2.45, 2.75) is 32.6 Å². The minimum absolute atomic E-state index is 0.720. The van der Waals surface area contributed by atoms with E-state index in [1.54, 1.807) is 6.20 Å². The van der Waals surface area contributed by atoms with E-state index in [1.165, 1.54) is 25.7 Å². The standard InChI is InChI=1S/C14H20N4S/c1-12(13-8-4-5-9-15-13)16-17-14(19)18-10-6-2-3-7-11-18/h4-5,8-9H,2-3,6-7,10-11H2,1H3,(H,17,19)/b16-12-. The molecule has 0 radical (unpaired) electrons. The van der Waals surface area contributed by atoms with E-state index in [0.717, 1.165) is 29.6 Å². The van der Waals surface area contributed by atoms with Crippen LogP contribution in [0.15, 0.2) is 29.5 Å². The average Bonchev–Trinajstić information content (AvgIpc) is 2.74. The number of thiocarbonyl (C=S) groups is 1. The average molecular weight is 276 g/mol. The lowest BCUT2D eigenvalue weighted by Gasteiger charge is -2.22. The van der Waals surface area contributed by atoms with Crippen molar-refractivity contribution < 1.29 is 0 Å². The Morgan fingerprint density at radius 2 is 2.00 bits per heavy atom. The second-order valence-electron chi connectivity index (χ2n) is 4.73. The van der Waals surface area contributed by atoms with Crippen LogP contribution in [0.3, 0.4) is 0 Å². The summed E-state index contributed by atoms with van der Waals surface area (Å²) in [5.41, 5.74) is 4.70. The van der Waals surface area contributed by atoms with Crippen molar-refractivity contribution in [3.05, 3.63) is 30.1 Å². The molecule has 1 aromatic rings. The first kappa shape index (κ1) is 13.9. The summed E-state index contributed by atoms with van der Waals surface area (Å²) in [7, 11) is 0. The van der Waals surface area contributed by atoms with E-state index in [2.05, 4.69) is 20.4 Å². The van der Waals surface area contributed by atoms with Crippen LogP contribution in [0.5, 0.6) is 0 Å². The molecule has 1 aliphatic rings. The zero-order chi connectivity index (χ0) is 13.5. The molecule has 0 atom stereocenters. The molecule has 1 aromatic heterocycles. The van der Waals surface area contributed by atoms with Gasteiger partial charge >= 0.3 is 0 Å². The second-order valence-corrected chi connectivity index (χ2v) is 5.12. The third-order valence-electron chi connectivity index (χ3n) is 3.25. The fraction of sp³-hybridized carbons (Fsp3) is 0.500. The molecule has 0 aliphatic carbocycles. The topological polar surface area (TPSA) is 40.5 Å². The van der Waals surface area contributed by atoms with Gasteiger partial charge in [-0.25, -0.2) is 0 Å². The monoisotopic (exact) mass is 276 g/mol. The molecule has 1 fully saturated rings. The summed E-state index contributed by atoms with van der Waals surface area (Å²) in [5.74, 6) is 0. The number of likely N-dealkylation sites (tertiary alicyclic amines) is 1. The van der Waals surface area contributed by atoms with Gasteiger partial charge in [0, 0.05) is 19.3 Å². The molecule has 0 saturated carbocycles. The molecule has 4 nitrogen and oxygen atoms in total. The van der Waals surface area contributed by atoms with E-state index in [4.69, 9.17) is 12.2 Å². The van der Waals surface area contributed by atoms with Crippen molar-refractivity contribution in [1.82, 2.24) is 15.3 Å². The number of hydrogen-bond donors (Lipinski definition) is 1. The smallest absolute Gasteiger partial charge is 0.189 e. The van der Waals surface area contributed by atoms with Gasteiger partial charge in [-0.05, 0) is 44.1 Å². The maximum absolute atomic E-state index is 5.39. The molecule has 0 bridgehead atoms. The van der Waals surface area contributed by atoms with Crippen molar-refractivity contribution in [3.8, 4) is 0 Å².